The van der Waals surface area contributed by atoms with Gasteiger partial charge in [0.05, 0.1) is 0 Å². The zero-order chi connectivity index (χ0) is 21.6. The maximum atomic E-state index is 11.6. The predicted molar refractivity (Wildman–Crippen MR) is 121 cm³/mol. The third kappa shape index (κ3) is 21.2. The lowest BCUT2D eigenvalue weighted by Crippen LogP contribution is -2.14. The topological polar surface area (TPSA) is 52.6 Å². The third-order valence-electron chi connectivity index (χ3n) is 5.16. The molecule has 29 heavy (non-hydrogen) atoms. The second-order valence-electron chi connectivity index (χ2n) is 8.19. The average Bonchev–Trinajstić information content (AvgIpc) is 2.70. The standard InChI is InChI=1S/C25H46O4/c1-4-5-6-7-8-9-10-11-12-13-14-15-16-17-18-19-20-24(26)28-21-22-29-25(27)23(2)3/h2,4-22H2,1,3H3. The van der Waals surface area contributed by atoms with Gasteiger partial charge in [0.25, 0.3) is 0 Å². The fourth-order valence-corrected chi connectivity index (χ4v) is 3.30. The van der Waals surface area contributed by atoms with Gasteiger partial charge in [-0.05, 0) is 13.3 Å². The van der Waals surface area contributed by atoms with Crippen LogP contribution in [-0.4, -0.2) is 25.2 Å². The molecule has 0 aliphatic rings. The third-order valence-corrected chi connectivity index (χ3v) is 5.16. The number of esters is 2. The summed E-state index contributed by atoms with van der Waals surface area (Å²) in [5.74, 6) is -0.652. The lowest BCUT2D eigenvalue weighted by Gasteiger charge is -2.06. The van der Waals surface area contributed by atoms with Crippen molar-refractivity contribution >= 4 is 11.9 Å². The van der Waals surface area contributed by atoms with E-state index in [9.17, 15) is 9.59 Å². The Labute approximate surface area is 179 Å². The van der Waals surface area contributed by atoms with Crippen LogP contribution in [0.25, 0.3) is 0 Å². The molecule has 0 heterocycles. The molecule has 0 aliphatic heterocycles. The Bertz CT molecular complexity index is 417. The van der Waals surface area contributed by atoms with E-state index in [2.05, 4.69) is 13.5 Å². The van der Waals surface area contributed by atoms with Crippen LogP contribution in [0, 0.1) is 0 Å². The largest absolute Gasteiger partial charge is 0.462 e. The van der Waals surface area contributed by atoms with Gasteiger partial charge >= 0.3 is 11.9 Å². The van der Waals surface area contributed by atoms with Crippen molar-refractivity contribution in [2.45, 2.75) is 123 Å². The van der Waals surface area contributed by atoms with E-state index in [0.29, 0.717) is 12.0 Å². The van der Waals surface area contributed by atoms with Crippen molar-refractivity contribution in [2.24, 2.45) is 0 Å². The monoisotopic (exact) mass is 410 g/mol. The molecule has 0 aromatic carbocycles. The Morgan fingerprint density at radius 1 is 0.621 bits per heavy atom. The Kier molecular flexibility index (Phi) is 20.4. The van der Waals surface area contributed by atoms with Crippen LogP contribution in [0.1, 0.15) is 123 Å². The first-order valence-corrected chi connectivity index (χ1v) is 12.1. The van der Waals surface area contributed by atoms with E-state index in [1.807, 2.05) is 0 Å². The normalized spacial score (nSPS) is 10.7. The van der Waals surface area contributed by atoms with Gasteiger partial charge in [0.15, 0.2) is 0 Å². The molecule has 4 heteroatoms. The molecule has 0 saturated carbocycles. The molecule has 0 atom stereocenters. The number of carbonyl (C=O) groups excluding carboxylic acids is 2. The van der Waals surface area contributed by atoms with Crippen LogP contribution in [0.2, 0.25) is 0 Å². The predicted octanol–water partition coefficient (Wildman–Crippen LogP) is 7.30. The first kappa shape index (κ1) is 27.7. The van der Waals surface area contributed by atoms with Gasteiger partial charge in [-0.15, -0.1) is 0 Å². The molecule has 170 valence electrons. The van der Waals surface area contributed by atoms with Crippen molar-refractivity contribution in [3.8, 4) is 0 Å². The van der Waals surface area contributed by atoms with Crippen LogP contribution in [-0.2, 0) is 19.1 Å². The van der Waals surface area contributed by atoms with Crippen molar-refractivity contribution in [1.82, 2.24) is 0 Å². The van der Waals surface area contributed by atoms with Gasteiger partial charge < -0.3 is 9.47 Å². The summed E-state index contributed by atoms with van der Waals surface area (Å²) in [5, 5.41) is 0. The smallest absolute Gasteiger partial charge is 0.333 e. The summed E-state index contributed by atoms with van der Waals surface area (Å²) < 4.78 is 9.92. The van der Waals surface area contributed by atoms with E-state index in [1.165, 1.54) is 89.9 Å². The van der Waals surface area contributed by atoms with Gasteiger partial charge in [-0.1, -0.05) is 110 Å². The Hall–Kier alpha value is -1.32. The summed E-state index contributed by atoms with van der Waals surface area (Å²) in [6, 6.07) is 0. The molecule has 4 nitrogen and oxygen atoms in total. The van der Waals surface area contributed by atoms with Crippen LogP contribution in [0.15, 0.2) is 12.2 Å². The molecule has 0 N–H and O–H groups in total. The number of ether oxygens (including phenoxy) is 2. The Balaban J connectivity index is 3.20. The van der Waals surface area contributed by atoms with E-state index >= 15 is 0 Å². The van der Waals surface area contributed by atoms with Crippen molar-refractivity contribution < 1.29 is 19.1 Å². The van der Waals surface area contributed by atoms with Crippen LogP contribution < -0.4 is 0 Å². The molecule has 0 rings (SSSR count). The fourth-order valence-electron chi connectivity index (χ4n) is 3.30. The van der Waals surface area contributed by atoms with Gasteiger partial charge in [0.1, 0.15) is 13.2 Å². The van der Waals surface area contributed by atoms with Crippen LogP contribution in [0.3, 0.4) is 0 Å². The first-order valence-electron chi connectivity index (χ1n) is 12.1. The second kappa shape index (κ2) is 21.4. The maximum Gasteiger partial charge on any atom is 0.333 e. The van der Waals surface area contributed by atoms with Gasteiger partial charge in [-0.2, -0.15) is 0 Å². The molecule has 0 amide bonds. The Morgan fingerprint density at radius 2 is 1.00 bits per heavy atom. The molecule has 0 unspecified atom stereocenters. The second-order valence-corrected chi connectivity index (χ2v) is 8.19. The van der Waals surface area contributed by atoms with Crippen molar-refractivity contribution in [1.29, 1.82) is 0 Å². The zero-order valence-corrected chi connectivity index (χ0v) is 19.3. The summed E-state index contributed by atoms with van der Waals surface area (Å²) in [4.78, 5) is 22.8. The van der Waals surface area contributed by atoms with Gasteiger partial charge in [-0.3, -0.25) is 4.79 Å². The summed E-state index contributed by atoms with van der Waals surface area (Å²) >= 11 is 0. The summed E-state index contributed by atoms with van der Waals surface area (Å²) in [6.07, 6.45) is 21.6. The zero-order valence-electron chi connectivity index (χ0n) is 19.3. The quantitative estimate of drug-likeness (QED) is 0.113. The van der Waals surface area contributed by atoms with E-state index in [1.54, 1.807) is 6.92 Å². The lowest BCUT2D eigenvalue weighted by molar-refractivity contribution is -0.150. The fraction of sp³-hybridized carbons (Fsp3) is 0.840. The molecule has 0 spiro atoms. The van der Waals surface area contributed by atoms with E-state index in [-0.39, 0.29) is 19.2 Å². The molecular weight excluding hydrogens is 364 g/mol. The minimum Gasteiger partial charge on any atom is -0.462 e. The molecule has 0 aromatic heterocycles. The molecule has 0 aliphatic carbocycles. The van der Waals surface area contributed by atoms with Crippen LogP contribution in [0.5, 0.6) is 0 Å². The van der Waals surface area contributed by atoms with Gasteiger partial charge in [-0.25, -0.2) is 4.79 Å². The summed E-state index contributed by atoms with van der Waals surface area (Å²) in [7, 11) is 0. The average molecular weight is 411 g/mol. The highest BCUT2D eigenvalue weighted by Gasteiger charge is 2.05. The van der Waals surface area contributed by atoms with Crippen LogP contribution in [0.4, 0.5) is 0 Å². The SMILES string of the molecule is C=C(C)C(=O)OCCOC(=O)CCCCCCCCCCCCCCCCCC. The lowest BCUT2D eigenvalue weighted by atomic mass is 10.0. The molecule has 0 fully saturated rings. The van der Waals surface area contributed by atoms with Gasteiger partial charge in [0, 0.05) is 12.0 Å². The molecule has 0 saturated heterocycles. The van der Waals surface area contributed by atoms with Crippen LogP contribution >= 0.6 is 0 Å². The summed E-state index contributed by atoms with van der Waals surface area (Å²) in [6.45, 7) is 7.57. The van der Waals surface area contributed by atoms with Crippen molar-refractivity contribution in [3.63, 3.8) is 0 Å². The number of rotatable bonds is 21. The van der Waals surface area contributed by atoms with Gasteiger partial charge in [0.2, 0.25) is 0 Å². The minimum absolute atomic E-state index is 0.0936. The van der Waals surface area contributed by atoms with Crippen molar-refractivity contribution in [2.75, 3.05) is 13.2 Å². The number of carbonyl (C=O) groups is 2. The molecular formula is C25H46O4. The van der Waals surface area contributed by atoms with E-state index < -0.39 is 5.97 Å². The number of hydrogen-bond acceptors (Lipinski definition) is 4. The highest BCUT2D eigenvalue weighted by atomic mass is 16.6. The Morgan fingerprint density at radius 3 is 1.41 bits per heavy atom. The van der Waals surface area contributed by atoms with Crippen molar-refractivity contribution in [3.05, 3.63) is 12.2 Å². The minimum atomic E-state index is -0.446. The highest BCUT2D eigenvalue weighted by molar-refractivity contribution is 5.86. The number of hydrogen-bond donors (Lipinski definition) is 0. The molecule has 0 radical (unpaired) electrons. The number of unbranched alkanes of at least 4 members (excludes halogenated alkanes) is 15. The van der Waals surface area contributed by atoms with E-state index in [0.717, 1.165) is 12.8 Å². The maximum absolute atomic E-state index is 11.6. The first-order chi connectivity index (χ1) is 14.1. The highest BCUT2D eigenvalue weighted by Crippen LogP contribution is 2.14. The summed E-state index contributed by atoms with van der Waals surface area (Å²) in [5.41, 5.74) is 0.351. The van der Waals surface area contributed by atoms with E-state index in [4.69, 9.17) is 9.47 Å². The molecule has 0 bridgehead atoms. The molecule has 0 aromatic rings.